The molecule has 612 valence electrons. The lowest BCUT2D eigenvalue weighted by atomic mass is 10.0. The molecule has 0 radical (unpaired) electrons. The molecule has 0 aliphatic heterocycles. The lowest BCUT2D eigenvalue weighted by Crippen LogP contribution is -2.30. The van der Waals surface area contributed by atoms with Crippen molar-refractivity contribution >= 4 is 33.6 Å². The third kappa shape index (κ3) is 82.0. The molecule has 0 heterocycles. The van der Waals surface area contributed by atoms with Crippen LogP contribution in [0.2, 0.25) is 0 Å². The molecule has 0 bridgehead atoms. The maximum absolute atomic E-state index is 13.0. The van der Waals surface area contributed by atoms with Gasteiger partial charge in [-0.25, -0.2) is 9.13 Å². The van der Waals surface area contributed by atoms with E-state index in [1.807, 2.05) is 0 Å². The molecule has 0 aromatic carbocycles. The van der Waals surface area contributed by atoms with Crippen LogP contribution < -0.4 is 0 Å². The second-order valence-corrected chi connectivity index (χ2v) is 30.4. The van der Waals surface area contributed by atoms with Crippen LogP contribution in [0.3, 0.4) is 0 Å². The first kappa shape index (κ1) is 102. The number of aliphatic hydroxyl groups is 2. The highest BCUT2D eigenvalue weighted by Crippen LogP contribution is 2.45. The molecule has 0 fully saturated rings. The van der Waals surface area contributed by atoms with Crippen molar-refractivity contribution in [1.29, 1.82) is 0 Å². The number of hydrogen-bond donors (Lipinski definition) is 4. The third-order valence-corrected chi connectivity index (χ3v) is 19.1. The second kappa shape index (κ2) is 80.7. The molecule has 107 heavy (non-hydrogen) atoms. The van der Waals surface area contributed by atoms with Gasteiger partial charge >= 0.3 is 33.6 Å². The predicted molar refractivity (Wildman–Crippen MR) is 445 cm³/mol. The summed E-state index contributed by atoms with van der Waals surface area (Å²) in [6.07, 6.45) is 101. The van der Waals surface area contributed by atoms with E-state index in [0.717, 1.165) is 180 Å². The Hall–Kier alpha value is -4.83. The zero-order chi connectivity index (χ0) is 78.0. The van der Waals surface area contributed by atoms with Gasteiger partial charge in [0.25, 0.3) is 0 Å². The van der Waals surface area contributed by atoms with Gasteiger partial charge in [-0.15, -0.1) is 0 Å². The SMILES string of the molecule is CC/C=C\C/C=C\C/C=C\C/C=C\C/C=C\C/C=C\CCCCCCCCCCCCCCC(=O)OCC(O)COP(=O)(O)OCC(O)COP(=O)(O)OCC(COC(=O)CCCCCCCC/C=C\C/C=C\C/C=C\C/C=C\C/C=C\C/C=C\CC)OC(=O)CCCCCCC/C=C\CCCCCCCC. The number of ether oxygens (including phenoxy) is 3. The quantitative estimate of drug-likeness (QED) is 0.0146. The number of hydrogen-bond acceptors (Lipinski definition) is 14. The van der Waals surface area contributed by atoms with Gasteiger partial charge in [-0.05, 0) is 148 Å². The van der Waals surface area contributed by atoms with Crippen molar-refractivity contribution < 1.29 is 75.8 Å². The van der Waals surface area contributed by atoms with Crippen molar-refractivity contribution in [3.05, 3.63) is 158 Å². The van der Waals surface area contributed by atoms with Crippen LogP contribution in [0.4, 0.5) is 0 Å². The number of phosphoric ester groups is 2. The molecule has 0 rings (SSSR count). The Morgan fingerprint density at radius 2 is 0.495 bits per heavy atom. The third-order valence-electron chi connectivity index (χ3n) is 17.2. The standard InChI is InChI=1S/C89H150O16P2/c1-4-7-10-13-16-19-22-25-28-30-32-34-36-38-39-40-41-42-43-45-47-48-50-52-55-57-60-63-66-69-72-75-87(92)99-78-84(90)79-101-106(95,96)102-80-85(91)81-103-107(97,98)104-83-86(105-89(94)77-74-71-68-65-62-59-54-27-24-21-18-15-12-9-6-3)82-100-88(93)76-73-70-67-64-61-58-56-53-51-49-46-44-37-35-33-31-29-26-23-20-17-14-11-8-5-2/h7-8,10-11,16-17,19-20,25-29,32-35,38-39,41-42,44,46,51,53-54,84-86,90-91H,4-6,9,12-15,18,21-24,30-31,36-37,40,43,45,47-50,52,55-83H2,1-3H3,(H,95,96)(H,97,98)/b10-7-,11-8-,19-16-,20-17-,28-25-,29-26-,34-32-,35-33-,39-38-,42-41-,46-44-,53-51-,54-27-. The fourth-order valence-corrected chi connectivity index (χ4v) is 12.5. The fraction of sp³-hybridized carbons (Fsp3) is 0.674. The monoisotopic (exact) mass is 1540 g/mol. The lowest BCUT2D eigenvalue weighted by molar-refractivity contribution is -0.161. The summed E-state index contributed by atoms with van der Waals surface area (Å²) >= 11 is 0. The van der Waals surface area contributed by atoms with Crippen LogP contribution in [0.5, 0.6) is 0 Å². The van der Waals surface area contributed by atoms with Crippen molar-refractivity contribution in [3.63, 3.8) is 0 Å². The highest BCUT2D eigenvalue weighted by atomic mass is 31.2. The molecule has 18 heteroatoms. The summed E-state index contributed by atoms with van der Waals surface area (Å²) in [7, 11) is -9.81. The van der Waals surface area contributed by atoms with Gasteiger partial charge in [-0.1, -0.05) is 320 Å². The van der Waals surface area contributed by atoms with Gasteiger partial charge in [-0.2, -0.15) is 0 Å². The number of aliphatic hydroxyl groups excluding tert-OH is 2. The van der Waals surface area contributed by atoms with Gasteiger partial charge in [0.15, 0.2) is 6.10 Å². The Balaban J connectivity index is 4.54. The van der Waals surface area contributed by atoms with Gasteiger partial charge in [0, 0.05) is 19.3 Å². The van der Waals surface area contributed by atoms with E-state index in [-0.39, 0.29) is 19.3 Å². The van der Waals surface area contributed by atoms with Gasteiger partial charge in [0.2, 0.25) is 0 Å². The molecular formula is C89H150O16P2. The second-order valence-electron chi connectivity index (χ2n) is 27.5. The summed E-state index contributed by atoms with van der Waals surface area (Å²) in [5.41, 5.74) is 0. The topological polar surface area (TPSA) is 231 Å². The molecule has 0 saturated carbocycles. The number of carbonyl (C=O) groups excluding carboxylic acids is 3. The molecule has 0 aliphatic carbocycles. The van der Waals surface area contributed by atoms with Crippen LogP contribution in [0, 0.1) is 0 Å². The van der Waals surface area contributed by atoms with E-state index in [4.69, 9.17) is 32.3 Å². The number of phosphoric acid groups is 2. The molecule has 5 unspecified atom stereocenters. The normalized spacial score (nSPS) is 14.7. The molecule has 0 aromatic rings. The van der Waals surface area contributed by atoms with Crippen LogP contribution in [-0.4, -0.2) is 95.9 Å². The Labute approximate surface area is 650 Å². The van der Waals surface area contributed by atoms with Crippen LogP contribution in [0.1, 0.15) is 329 Å². The summed E-state index contributed by atoms with van der Waals surface area (Å²) in [5.74, 6) is -1.60. The molecular weight excluding hydrogens is 1390 g/mol. The minimum absolute atomic E-state index is 0.0878. The summed E-state index contributed by atoms with van der Waals surface area (Å²) in [5, 5.41) is 20.7. The van der Waals surface area contributed by atoms with Gasteiger partial charge in [0.1, 0.15) is 25.4 Å². The van der Waals surface area contributed by atoms with Crippen LogP contribution in [-0.2, 0) is 55.8 Å². The summed E-state index contributed by atoms with van der Waals surface area (Å²) < 4.78 is 61.2. The van der Waals surface area contributed by atoms with Crippen molar-refractivity contribution in [1.82, 2.24) is 0 Å². The van der Waals surface area contributed by atoms with Crippen molar-refractivity contribution in [2.24, 2.45) is 0 Å². The van der Waals surface area contributed by atoms with Crippen molar-refractivity contribution in [2.45, 2.75) is 347 Å². The van der Waals surface area contributed by atoms with Crippen molar-refractivity contribution in [2.75, 3.05) is 39.6 Å². The first-order valence-corrected chi connectivity index (χ1v) is 44.8. The van der Waals surface area contributed by atoms with Crippen molar-refractivity contribution in [3.8, 4) is 0 Å². The number of rotatable bonds is 78. The molecule has 0 saturated heterocycles. The molecule has 0 spiro atoms. The Bertz CT molecular complexity index is 2580. The number of allylic oxidation sites excluding steroid dienone is 26. The average Bonchev–Trinajstić information content (AvgIpc) is 0.906. The van der Waals surface area contributed by atoms with Gasteiger partial charge in [0.05, 0.1) is 26.4 Å². The summed E-state index contributed by atoms with van der Waals surface area (Å²) in [6, 6.07) is 0. The summed E-state index contributed by atoms with van der Waals surface area (Å²) in [6.45, 7) is 2.43. The molecule has 0 aromatic heterocycles. The smallest absolute Gasteiger partial charge is 0.463 e. The van der Waals surface area contributed by atoms with E-state index in [2.05, 4.69) is 179 Å². The van der Waals surface area contributed by atoms with Crippen LogP contribution >= 0.6 is 15.6 Å². The fourth-order valence-electron chi connectivity index (χ4n) is 10.9. The highest BCUT2D eigenvalue weighted by Gasteiger charge is 2.29. The zero-order valence-corrected chi connectivity index (χ0v) is 68.8. The minimum Gasteiger partial charge on any atom is -0.463 e. The van der Waals surface area contributed by atoms with Crippen LogP contribution in [0.25, 0.3) is 0 Å². The first-order valence-electron chi connectivity index (χ1n) is 41.8. The molecule has 4 N–H and O–H groups in total. The lowest BCUT2D eigenvalue weighted by Gasteiger charge is -2.21. The Morgan fingerprint density at radius 3 is 0.794 bits per heavy atom. The Kier molecular flexibility index (Phi) is 77.0. The van der Waals surface area contributed by atoms with E-state index in [1.54, 1.807) is 0 Å². The van der Waals surface area contributed by atoms with E-state index in [1.165, 1.54) is 89.9 Å². The molecule has 0 amide bonds. The van der Waals surface area contributed by atoms with Gasteiger partial charge in [-0.3, -0.25) is 32.5 Å². The predicted octanol–water partition coefficient (Wildman–Crippen LogP) is 25.0. The molecule has 5 atom stereocenters. The average molecular weight is 1540 g/mol. The van der Waals surface area contributed by atoms with E-state index in [9.17, 15) is 43.5 Å². The van der Waals surface area contributed by atoms with E-state index < -0.39 is 91.5 Å². The van der Waals surface area contributed by atoms with Crippen LogP contribution in [0.15, 0.2) is 158 Å². The molecule has 0 aliphatic rings. The van der Waals surface area contributed by atoms with Gasteiger partial charge < -0.3 is 34.2 Å². The Morgan fingerprint density at radius 1 is 0.271 bits per heavy atom. The molecule has 16 nitrogen and oxygen atoms in total. The largest absolute Gasteiger partial charge is 0.472 e. The first-order chi connectivity index (χ1) is 52.2. The number of carbonyl (C=O) groups is 3. The minimum atomic E-state index is -4.94. The number of unbranched alkanes of at least 4 members (excludes halogenated alkanes) is 29. The summed E-state index contributed by atoms with van der Waals surface area (Å²) in [4.78, 5) is 58.7. The maximum atomic E-state index is 13.0. The maximum Gasteiger partial charge on any atom is 0.472 e. The van der Waals surface area contributed by atoms with E-state index in [0.29, 0.717) is 19.3 Å². The van der Waals surface area contributed by atoms with E-state index >= 15 is 0 Å². The highest BCUT2D eigenvalue weighted by molar-refractivity contribution is 7.47. The number of esters is 3. The zero-order valence-electron chi connectivity index (χ0n) is 67.0.